The average Bonchev–Trinajstić information content (AvgIpc) is 2.54. The van der Waals surface area contributed by atoms with E-state index in [4.69, 9.17) is 16.3 Å². The van der Waals surface area contributed by atoms with Crippen LogP contribution in [0.2, 0.25) is 5.02 Å². The molecule has 0 saturated heterocycles. The van der Waals surface area contributed by atoms with Gasteiger partial charge < -0.3 is 10.1 Å². The molecule has 0 fully saturated rings. The van der Waals surface area contributed by atoms with Crippen LogP contribution in [-0.2, 0) is 6.18 Å². The highest BCUT2D eigenvalue weighted by molar-refractivity contribution is 6.33. The minimum atomic E-state index is -4.48. The highest BCUT2D eigenvalue weighted by Gasteiger charge is 2.30. The van der Waals surface area contributed by atoms with E-state index in [1.54, 1.807) is 6.92 Å². The summed E-state index contributed by atoms with van der Waals surface area (Å²) in [7, 11) is 0. The minimum Gasteiger partial charge on any atom is -0.473 e. The highest BCUT2D eigenvalue weighted by Crippen LogP contribution is 2.31. The Morgan fingerprint density at radius 1 is 1.22 bits per heavy atom. The van der Waals surface area contributed by atoms with Gasteiger partial charge in [0.1, 0.15) is 28.5 Å². The molecule has 150 valence electrons. The van der Waals surface area contributed by atoms with Crippen molar-refractivity contribution in [3.05, 3.63) is 40.4 Å². The summed E-state index contributed by atoms with van der Waals surface area (Å²) >= 11 is 5.85. The molecule has 0 aliphatic heterocycles. The van der Waals surface area contributed by atoms with Gasteiger partial charge in [-0.25, -0.2) is 23.7 Å². The standard InChI is InChI=1S/C15H14ClF5N4O.ClH/c1-7(26-10-4-3-9(6-22-10)15(19,20)21)5-23-14-11(16)12(13(17)18)24-8(2)25-14;/h3-4,6-7,13H,5H2,1-2H3,(H,23,24,25);1H. The van der Waals surface area contributed by atoms with Crippen molar-refractivity contribution in [1.29, 1.82) is 0 Å². The van der Waals surface area contributed by atoms with Crippen LogP contribution < -0.4 is 10.1 Å². The Bertz CT molecular complexity index is 759. The molecule has 0 bridgehead atoms. The summed E-state index contributed by atoms with van der Waals surface area (Å²) in [6.07, 6.45) is -7.23. The summed E-state index contributed by atoms with van der Waals surface area (Å²) in [4.78, 5) is 11.1. The third-order valence-corrected chi connectivity index (χ3v) is 3.51. The molecule has 2 rings (SSSR count). The maximum atomic E-state index is 12.9. The van der Waals surface area contributed by atoms with E-state index in [-0.39, 0.29) is 41.5 Å². The normalized spacial score (nSPS) is 12.5. The predicted molar refractivity (Wildman–Crippen MR) is 91.8 cm³/mol. The molecular weight excluding hydrogens is 418 g/mol. The number of ether oxygens (including phenoxy) is 1. The number of hydrogen-bond donors (Lipinski definition) is 1. The summed E-state index contributed by atoms with van der Waals surface area (Å²) in [6.45, 7) is 3.16. The van der Waals surface area contributed by atoms with Crippen molar-refractivity contribution in [1.82, 2.24) is 15.0 Å². The topological polar surface area (TPSA) is 59.9 Å². The van der Waals surface area contributed by atoms with E-state index in [0.717, 1.165) is 12.1 Å². The smallest absolute Gasteiger partial charge is 0.417 e. The van der Waals surface area contributed by atoms with Gasteiger partial charge in [0, 0.05) is 12.3 Å². The van der Waals surface area contributed by atoms with Crippen LogP contribution in [-0.4, -0.2) is 27.6 Å². The zero-order valence-corrected chi connectivity index (χ0v) is 15.6. The SMILES string of the molecule is Cc1nc(NCC(C)Oc2ccc(C(F)(F)F)cn2)c(Cl)c(C(F)F)n1.Cl. The fraction of sp³-hybridized carbons (Fsp3) is 0.400. The molecule has 2 heterocycles. The lowest BCUT2D eigenvalue weighted by Crippen LogP contribution is -2.24. The first-order chi connectivity index (χ1) is 12.1. The molecule has 27 heavy (non-hydrogen) atoms. The lowest BCUT2D eigenvalue weighted by atomic mass is 10.3. The van der Waals surface area contributed by atoms with Crippen LogP contribution in [0, 0.1) is 6.92 Å². The number of nitrogens with zero attached hydrogens (tertiary/aromatic N) is 3. The highest BCUT2D eigenvalue weighted by atomic mass is 35.5. The molecule has 1 N–H and O–H groups in total. The molecule has 0 aromatic carbocycles. The number of aromatic nitrogens is 3. The van der Waals surface area contributed by atoms with Gasteiger partial charge in [0.2, 0.25) is 5.88 Å². The molecule has 1 unspecified atom stereocenters. The van der Waals surface area contributed by atoms with Crippen LogP contribution in [0.15, 0.2) is 18.3 Å². The molecule has 0 amide bonds. The summed E-state index contributed by atoms with van der Waals surface area (Å²) in [6, 6.07) is 1.94. The average molecular weight is 433 g/mol. The number of rotatable bonds is 6. The van der Waals surface area contributed by atoms with E-state index >= 15 is 0 Å². The molecule has 12 heteroatoms. The molecule has 0 saturated carbocycles. The Kier molecular flexibility index (Phi) is 7.97. The van der Waals surface area contributed by atoms with Gasteiger partial charge in [0.05, 0.1) is 12.1 Å². The number of pyridine rings is 1. The first-order valence-electron chi connectivity index (χ1n) is 7.34. The van der Waals surface area contributed by atoms with Crippen molar-refractivity contribution in [2.75, 3.05) is 11.9 Å². The second kappa shape index (κ2) is 9.32. The van der Waals surface area contributed by atoms with Crippen molar-refractivity contribution in [3.63, 3.8) is 0 Å². The summed E-state index contributed by atoms with van der Waals surface area (Å²) in [5.74, 6) is 0.126. The molecule has 5 nitrogen and oxygen atoms in total. The molecule has 0 radical (unpaired) electrons. The minimum absolute atomic E-state index is 0. The zero-order valence-electron chi connectivity index (χ0n) is 14.0. The number of hydrogen-bond acceptors (Lipinski definition) is 5. The Hall–Kier alpha value is -1.94. The van der Waals surface area contributed by atoms with Crippen LogP contribution in [0.5, 0.6) is 5.88 Å². The summed E-state index contributed by atoms with van der Waals surface area (Å²) in [5, 5.41) is 2.46. The molecule has 0 aliphatic rings. The maximum Gasteiger partial charge on any atom is 0.417 e. The number of aryl methyl sites for hydroxylation is 1. The van der Waals surface area contributed by atoms with Gasteiger partial charge in [-0.1, -0.05) is 11.6 Å². The molecule has 1 atom stereocenters. The van der Waals surface area contributed by atoms with Gasteiger partial charge in [-0.2, -0.15) is 13.2 Å². The van der Waals surface area contributed by atoms with E-state index in [1.165, 1.54) is 6.92 Å². The second-order valence-corrected chi connectivity index (χ2v) is 5.69. The van der Waals surface area contributed by atoms with Crippen LogP contribution in [0.4, 0.5) is 27.8 Å². The third-order valence-electron chi connectivity index (χ3n) is 3.14. The number of alkyl halides is 5. The van der Waals surface area contributed by atoms with Crippen molar-refractivity contribution >= 4 is 29.8 Å². The monoisotopic (exact) mass is 432 g/mol. The van der Waals surface area contributed by atoms with Gasteiger partial charge in [-0.15, -0.1) is 12.4 Å². The summed E-state index contributed by atoms with van der Waals surface area (Å²) in [5.41, 5.74) is -1.47. The Morgan fingerprint density at radius 2 is 1.89 bits per heavy atom. The first kappa shape index (κ1) is 23.1. The van der Waals surface area contributed by atoms with Crippen molar-refractivity contribution in [2.24, 2.45) is 0 Å². The fourth-order valence-electron chi connectivity index (χ4n) is 1.95. The van der Waals surface area contributed by atoms with E-state index in [9.17, 15) is 22.0 Å². The molecule has 2 aromatic rings. The molecule has 2 aromatic heterocycles. The van der Waals surface area contributed by atoms with Gasteiger partial charge in [0.25, 0.3) is 6.43 Å². The van der Waals surface area contributed by atoms with Crippen molar-refractivity contribution in [2.45, 2.75) is 32.6 Å². The number of nitrogens with one attached hydrogen (secondary N) is 1. The van der Waals surface area contributed by atoms with Crippen LogP contribution in [0.1, 0.15) is 30.4 Å². The Balaban J connectivity index is 0.00000364. The number of anilines is 1. The van der Waals surface area contributed by atoms with E-state index in [0.29, 0.717) is 6.20 Å². The lowest BCUT2D eigenvalue weighted by molar-refractivity contribution is -0.137. The zero-order chi connectivity index (χ0) is 19.5. The Labute approximate surface area is 162 Å². The molecule has 0 spiro atoms. The Morgan fingerprint density at radius 3 is 2.41 bits per heavy atom. The van der Waals surface area contributed by atoms with Crippen LogP contribution in [0.3, 0.4) is 0 Å². The second-order valence-electron chi connectivity index (χ2n) is 5.31. The van der Waals surface area contributed by atoms with Crippen LogP contribution in [0.25, 0.3) is 0 Å². The molecular formula is C15H15Cl2F5N4O. The van der Waals surface area contributed by atoms with E-state index < -0.39 is 30.0 Å². The van der Waals surface area contributed by atoms with Crippen LogP contribution >= 0.6 is 24.0 Å². The first-order valence-corrected chi connectivity index (χ1v) is 7.71. The fourth-order valence-corrected chi connectivity index (χ4v) is 2.18. The van der Waals surface area contributed by atoms with Gasteiger partial charge in [0.15, 0.2) is 0 Å². The lowest BCUT2D eigenvalue weighted by Gasteiger charge is -2.17. The summed E-state index contributed by atoms with van der Waals surface area (Å²) < 4.78 is 68.6. The van der Waals surface area contributed by atoms with E-state index in [2.05, 4.69) is 20.3 Å². The van der Waals surface area contributed by atoms with Gasteiger partial charge >= 0.3 is 6.18 Å². The predicted octanol–water partition coefficient (Wildman–Crippen LogP) is 5.09. The maximum absolute atomic E-state index is 12.9. The number of halogens is 7. The van der Waals surface area contributed by atoms with E-state index in [1.807, 2.05) is 0 Å². The quantitative estimate of drug-likeness (QED) is 0.644. The van der Waals surface area contributed by atoms with Crippen molar-refractivity contribution < 1.29 is 26.7 Å². The van der Waals surface area contributed by atoms with Crippen molar-refractivity contribution in [3.8, 4) is 5.88 Å². The van der Waals surface area contributed by atoms with Gasteiger partial charge in [-0.05, 0) is 19.9 Å². The molecule has 0 aliphatic carbocycles. The third kappa shape index (κ3) is 6.31. The van der Waals surface area contributed by atoms with Gasteiger partial charge in [-0.3, -0.25) is 0 Å². The largest absolute Gasteiger partial charge is 0.473 e.